The Bertz CT molecular complexity index is 645. The largest absolute Gasteiger partial charge is 0.508 e. The zero-order valence-corrected chi connectivity index (χ0v) is 11.0. The van der Waals surface area contributed by atoms with Crippen LogP contribution in [-0.4, -0.2) is 16.1 Å². The van der Waals surface area contributed by atoms with Crippen LogP contribution in [0.3, 0.4) is 0 Å². The molecule has 0 spiro atoms. The number of hydrogen-bond acceptors (Lipinski definition) is 3. The van der Waals surface area contributed by atoms with E-state index in [1.165, 1.54) is 13.0 Å². The first kappa shape index (κ1) is 13.7. The molecular formula is C16H15NO3. The highest BCUT2D eigenvalue weighted by atomic mass is 16.3. The maximum atomic E-state index is 11.1. The van der Waals surface area contributed by atoms with E-state index in [2.05, 4.69) is 5.32 Å². The maximum Gasteiger partial charge on any atom is 0.221 e. The lowest BCUT2D eigenvalue weighted by molar-refractivity contribution is -0.114. The van der Waals surface area contributed by atoms with Gasteiger partial charge in [0, 0.05) is 13.0 Å². The van der Waals surface area contributed by atoms with E-state index in [-0.39, 0.29) is 17.4 Å². The fourth-order valence-corrected chi connectivity index (χ4v) is 1.76. The molecule has 102 valence electrons. The van der Waals surface area contributed by atoms with Gasteiger partial charge in [-0.25, -0.2) is 0 Å². The second kappa shape index (κ2) is 5.93. The zero-order valence-electron chi connectivity index (χ0n) is 11.0. The molecule has 0 aliphatic carbocycles. The van der Waals surface area contributed by atoms with E-state index in [1.807, 2.05) is 12.2 Å². The van der Waals surface area contributed by atoms with E-state index in [4.69, 9.17) is 0 Å². The molecule has 4 heteroatoms. The summed E-state index contributed by atoms with van der Waals surface area (Å²) in [5.41, 5.74) is 2.25. The number of carbonyl (C=O) groups excluding carboxylic acids is 1. The minimum atomic E-state index is -0.199. The van der Waals surface area contributed by atoms with E-state index < -0.39 is 0 Å². The molecule has 2 aromatic carbocycles. The summed E-state index contributed by atoms with van der Waals surface area (Å²) in [7, 11) is 0. The molecular weight excluding hydrogens is 254 g/mol. The Morgan fingerprint density at radius 2 is 1.65 bits per heavy atom. The van der Waals surface area contributed by atoms with Gasteiger partial charge in [0.15, 0.2) is 0 Å². The Morgan fingerprint density at radius 3 is 2.30 bits per heavy atom. The Morgan fingerprint density at radius 1 is 1.00 bits per heavy atom. The van der Waals surface area contributed by atoms with Crippen molar-refractivity contribution in [2.24, 2.45) is 0 Å². The highest BCUT2D eigenvalue weighted by Gasteiger charge is 2.03. The lowest BCUT2D eigenvalue weighted by atomic mass is 10.1. The van der Waals surface area contributed by atoms with Crippen LogP contribution in [0.5, 0.6) is 11.5 Å². The first-order chi connectivity index (χ1) is 9.54. The number of carbonyl (C=O) groups is 1. The molecule has 0 aliphatic rings. The number of anilines is 1. The number of phenolic OH excluding ortho intramolecular Hbond substituents is 2. The summed E-state index contributed by atoms with van der Waals surface area (Å²) in [5, 5.41) is 21.3. The van der Waals surface area contributed by atoms with Crippen LogP contribution in [0.4, 0.5) is 5.69 Å². The summed E-state index contributed by atoms with van der Waals surface area (Å²) in [6.45, 7) is 1.41. The van der Waals surface area contributed by atoms with Crippen molar-refractivity contribution in [1.82, 2.24) is 0 Å². The van der Waals surface area contributed by atoms with E-state index >= 15 is 0 Å². The quantitative estimate of drug-likeness (QED) is 0.749. The fourth-order valence-electron chi connectivity index (χ4n) is 1.76. The molecule has 2 aromatic rings. The number of phenols is 2. The van der Waals surface area contributed by atoms with Gasteiger partial charge in [-0.15, -0.1) is 0 Å². The smallest absolute Gasteiger partial charge is 0.221 e. The molecule has 0 bridgehead atoms. The van der Waals surface area contributed by atoms with Crippen molar-refractivity contribution < 1.29 is 15.0 Å². The number of hydrogen-bond donors (Lipinski definition) is 3. The van der Waals surface area contributed by atoms with Crippen molar-refractivity contribution in [3.8, 4) is 11.5 Å². The van der Waals surface area contributed by atoms with Crippen LogP contribution in [0.2, 0.25) is 0 Å². The molecule has 0 heterocycles. The third-order valence-electron chi connectivity index (χ3n) is 2.70. The average molecular weight is 269 g/mol. The first-order valence-electron chi connectivity index (χ1n) is 6.12. The van der Waals surface area contributed by atoms with E-state index in [9.17, 15) is 15.0 Å². The molecule has 2 rings (SSSR count). The molecule has 0 saturated carbocycles. The Kier molecular flexibility index (Phi) is 4.05. The summed E-state index contributed by atoms with van der Waals surface area (Å²) < 4.78 is 0. The topological polar surface area (TPSA) is 69.6 Å². The Balaban J connectivity index is 2.28. The SMILES string of the molecule is CC(=O)Nc1cc(O)ccc1/C=C/c1ccc(O)cc1. The molecule has 1 amide bonds. The summed E-state index contributed by atoms with van der Waals surface area (Å²) in [4.78, 5) is 11.1. The van der Waals surface area contributed by atoms with Crippen LogP contribution in [-0.2, 0) is 4.79 Å². The number of aromatic hydroxyl groups is 2. The minimum Gasteiger partial charge on any atom is -0.508 e. The Hall–Kier alpha value is -2.75. The van der Waals surface area contributed by atoms with Gasteiger partial charge in [-0.3, -0.25) is 4.79 Å². The summed E-state index contributed by atoms with van der Waals surface area (Å²) in [5.74, 6) is 0.108. The average Bonchev–Trinajstić information content (AvgIpc) is 2.39. The third-order valence-corrected chi connectivity index (χ3v) is 2.70. The lowest BCUT2D eigenvalue weighted by Crippen LogP contribution is -2.06. The summed E-state index contributed by atoms with van der Waals surface area (Å²) >= 11 is 0. The van der Waals surface area contributed by atoms with Crippen LogP contribution in [0.15, 0.2) is 42.5 Å². The third kappa shape index (κ3) is 3.62. The highest BCUT2D eigenvalue weighted by molar-refractivity contribution is 5.92. The van der Waals surface area contributed by atoms with E-state index in [0.29, 0.717) is 5.69 Å². The van der Waals surface area contributed by atoms with Crippen LogP contribution in [0, 0.1) is 0 Å². The maximum absolute atomic E-state index is 11.1. The fraction of sp³-hybridized carbons (Fsp3) is 0.0625. The van der Waals surface area contributed by atoms with Gasteiger partial charge < -0.3 is 15.5 Å². The molecule has 0 unspecified atom stereocenters. The van der Waals surface area contributed by atoms with Crippen molar-refractivity contribution in [3.05, 3.63) is 53.6 Å². The second-order valence-electron chi connectivity index (χ2n) is 4.38. The zero-order chi connectivity index (χ0) is 14.5. The van der Waals surface area contributed by atoms with Gasteiger partial charge in [-0.1, -0.05) is 24.3 Å². The van der Waals surface area contributed by atoms with Crippen LogP contribution in [0.25, 0.3) is 12.2 Å². The van der Waals surface area contributed by atoms with Gasteiger partial charge in [-0.2, -0.15) is 0 Å². The Labute approximate surface area is 117 Å². The summed E-state index contributed by atoms with van der Waals surface area (Å²) in [6, 6.07) is 11.5. The molecule has 0 aromatic heterocycles. The molecule has 0 saturated heterocycles. The van der Waals surface area contributed by atoms with Gasteiger partial charge in [0.2, 0.25) is 5.91 Å². The van der Waals surface area contributed by atoms with Gasteiger partial charge >= 0.3 is 0 Å². The van der Waals surface area contributed by atoms with Crippen molar-refractivity contribution >= 4 is 23.7 Å². The molecule has 20 heavy (non-hydrogen) atoms. The van der Waals surface area contributed by atoms with Crippen LogP contribution < -0.4 is 5.32 Å². The highest BCUT2D eigenvalue weighted by Crippen LogP contribution is 2.24. The molecule has 0 fully saturated rings. The second-order valence-corrected chi connectivity index (χ2v) is 4.38. The van der Waals surface area contributed by atoms with Gasteiger partial charge in [0.05, 0.1) is 5.69 Å². The standard InChI is InChI=1S/C16H15NO3/c1-11(18)17-16-10-15(20)9-6-13(16)5-2-12-3-7-14(19)8-4-12/h2-10,19-20H,1H3,(H,17,18)/b5-2+. The van der Waals surface area contributed by atoms with Crippen LogP contribution >= 0.6 is 0 Å². The number of amides is 1. The van der Waals surface area contributed by atoms with Crippen LogP contribution in [0.1, 0.15) is 18.1 Å². The van der Waals surface area contributed by atoms with Crippen molar-refractivity contribution in [2.45, 2.75) is 6.92 Å². The molecule has 0 radical (unpaired) electrons. The van der Waals surface area contributed by atoms with Gasteiger partial charge in [-0.05, 0) is 35.4 Å². The number of nitrogens with one attached hydrogen (secondary N) is 1. The molecule has 3 N–H and O–H groups in total. The van der Waals surface area contributed by atoms with E-state index in [0.717, 1.165) is 11.1 Å². The van der Waals surface area contributed by atoms with Gasteiger partial charge in [0.25, 0.3) is 0 Å². The predicted octanol–water partition coefficient (Wildman–Crippen LogP) is 3.23. The summed E-state index contributed by atoms with van der Waals surface area (Å²) in [6.07, 6.45) is 3.69. The monoisotopic (exact) mass is 269 g/mol. The van der Waals surface area contributed by atoms with Gasteiger partial charge in [0.1, 0.15) is 11.5 Å². The normalized spacial score (nSPS) is 10.7. The number of benzene rings is 2. The van der Waals surface area contributed by atoms with Crippen molar-refractivity contribution in [3.63, 3.8) is 0 Å². The molecule has 4 nitrogen and oxygen atoms in total. The van der Waals surface area contributed by atoms with Crippen molar-refractivity contribution in [1.29, 1.82) is 0 Å². The minimum absolute atomic E-state index is 0.0931. The first-order valence-corrected chi connectivity index (χ1v) is 6.12. The molecule has 0 aliphatic heterocycles. The van der Waals surface area contributed by atoms with E-state index in [1.54, 1.807) is 36.4 Å². The number of rotatable bonds is 3. The lowest BCUT2D eigenvalue weighted by Gasteiger charge is -2.07. The molecule has 0 atom stereocenters. The van der Waals surface area contributed by atoms with Crippen molar-refractivity contribution in [2.75, 3.05) is 5.32 Å². The predicted molar refractivity (Wildman–Crippen MR) is 79.4 cm³/mol.